The minimum atomic E-state index is -0.743. The average molecular weight is 227 g/mol. The summed E-state index contributed by atoms with van der Waals surface area (Å²) < 4.78 is 0. The summed E-state index contributed by atoms with van der Waals surface area (Å²) in [5.41, 5.74) is -0.743. The van der Waals surface area contributed by atoms with E-state index in [1.807, 2.05) is 6.92 Å². The highest BCUT2D eigenvalue weighted by atomic mass is 16.2. The summed E-state index contributed by atoms with van der Waals surface area (Å²) in [7, 11) is 3.52. The van der Waals surface area contributed by atoms with Crippen LogP contribution in [0.5, 0.6) is 0 Å². The molecule has 0 spiro atoms. The monoisotopic (exact) mass is 227 g/mol. The molecule has 1 aliphatic heterocycles. The van der Waals surface area contributed by atoms with E-state index in [0.717, 1.165) is 0 Å². The van der Waals surface area contributed by atoms with Crippen LogP contribution >= 0.6 is 0 Å². The van der Waals surface area contributed by atoms with Gasteiger partial charge in [-0.3, -0.25) is 4.79 Å². The predicted molar refractivity (Wildman–Crippen MR) is 62.1 cm³/mol. The molecule has 1 fully saturated rings. The van der Waals surface area contributed by atoms with Crippen molar-refractivity contribution < 1.29 is 9.59 Å². The summed E-state index contributed by atoms with van der Waals surface area (Å²) in [6.45, 7) is 7.36. The molecule has 0 aromatic heterocycles. The highest BCUT2D eigenvalue weighted by molar-refractivity contribution is 5.91. The van der Waals surface area contributed by atoms with E-state index in [1.165, 1.54) is 0 Å². The maximum absolute atomic E-state index is 12.1. The molecule has 0 atom stereocenters. The highest BCUT2D eigenvalue weighted by Crippen LogP contribution is 2.22. The van der Waals surface area contributed by atoms with Crippen LogP contribution in [0.15, 0.2) is 0 Å². The number of likely N-dealkylation sites (N-methyl/N-ethyl adjacent to an activating group) is 1. The van der Waals surface area contributed by atoms with E-state index in [2.05, 4.69) is 0 Å². The highest BCUT2D eigenvalue weighted by Gasteiger charge is 2.43. The van der Waals surface area contributed by atoms with Gasteiger partial charge in [0.1, 0.15) is 5.54 Å². The van der Waals surface area contributed by atoms with Crippen molar-refractivity contribution in [2.75, 3.05) is 33.7 Å². The zero-order valence-corrected chi connectivity index (χ0v) is 10.8. The number of rotatable bonds is 1. The third-order valence-electron chi connectivity index (χ3n) is 3.24. The van der Waals surface area contributed by atoms with E-state index in [1.54, 1.807) is 42.6 Å². The van der Waals surface area contributed by atoms with E-state index in [9.17, 15) is 9.59 Å². The van der Waals surface area contributed by atoms with Gasteiger partial charge in [0, 0.05) is 33.7 Å². The van der Waals surface area contributed by atoms with Crippen LogP contribution < -0.4 is 0 Å². The summed E-state index contributed by atoms with van der Waals surface area (Å²) >= 11 is 0. The Labute approximate surface area is 97.0 Å². The third kappa shape index (κ3) is 1.99. The van der Waals surface area contributed by atoms with Gasteiger partial charge >= 0.3 is 6.03 Å². The quantitative estimate of drug-likeness (QED) is 0.659. The number of hydrogen-bond donors (Lipinski definition) is 0. The van der Waals surface area contributed by atoms with Gasteiger partial charge in [-0.1, -0.05) is 0 Å². The smallest absolute Gasteiger partial charge is 0.320 e. The molecular weight excluding hydrogens is 206 g/mol. The van der Waals surface area contributed by atoms with E-state index < -0.39 is 5.54 Å². The lowest BCUT2D eigenvalue weighted by Crippen LogP contribution is -2.65. The Hall–Kier alpha value is -1.26. The van der Waals surface area contributed by atoms with Gasteiger partial charge in [0.05, 0.1) is 0 Å². The van der Waals surface area contributed by atoms with Gasteiger partial charge in [-0.25, -0.2) is 4.79 Å². The van der Waals surface area contributed by atoms with Gasteiger partial charge in [-0.05, 0) is 20.8 Å². The lowest BCUT2D eigenvalue weighted by atomic mass is 9.98. The first kappa shape index (κ1) is 12.8. The Kier molecular flexibility index (Phi) is 3.45. The molecular formula is C11H21N3O2. The molecule has 0 radical (unpaired) electrons. The van der Waals surface area contributed by atoms with Crippen molar-refractivity contribution in [1.82, 2.24) is 14.7 Å². The molecule has 1 aliphatic rings. The molecule has 0 saturated carbocycles. The van der Waals surface area contributed by atoms with Gasteiger partial charge in [0.25, 0.3) is 0 Å². The molecule has 0 unspecified atom stereocenters. The van der Waals surface area contributed by atoms with Crippen molar-refractivity contribution in [2.45, 2.75) is 26.3 Å². The SMILES string of the molecule is CCN(C)C(=O)N1CCN(C)C(=O)C1(C)C. The van der Waals surface area contributed by atoms with E-state index in [4.69, 9.17) is 0 Å². The minimum Gasteiger partial charge on any atom is -0.342 e. The van der Waals surface area contributed by atoms with Crippen LogP contribution in [-0.4, -0.2) is 65.9 Å². The first-order chi connectivity index (χ1) is 7.32. The second-order valence-electron chi connectivity index (χ2n) is 4.73. The number of urea groups is 1. The van der Waals surface area contributed by atoms with Crippen molar-refractivity contribution in [3.05, 3.63) is 0 Å². The topological polar surface area (TPSA) is 43.9 Å². The second-order valence-corrected chi connectivity index (χ2v) is 4.73. The first-order valence-corrected chi connectivity index (χ1v) is 5.60. The molecule has 5 heteroatoms. The van der Waals surface area contributed by atoms with Crippen molar-refractivity contribution in [2.24, 2.45) is 0 Å². The van der Waals surface area contributed by atoms with Gasteiger partial charge in [-0.2, -0.15) is 0 Å². The Morgan fingerprint density at radius 3 is 2.50 bits per heavy atom. The Balaban J connectivity index is 2.90. The molecule has 1 saturated heterocycles. The van der Waals surface area contributed by atoms with Crippen LogP contribution in [0.4, 0.5) is 4.79 Å². The Morgan fingerprint density at radius 2 is 2.00 bits per heavy atom. The molecule has 5 nitrogen and oxygen atoms in total. The predicted octanol–water partition coefficient (Wildman–Crippen LogP) is 0.611. The van der Waals surface area contributed by atoms with E-state index >= 15 is 0 Å². The molecule has 0 aromatic carbocycles. The van der Waals surface area contributed by atoms with Crippen LogP contribution in [-0.2, 0) is 4.79 Å². The second kappa shape index (κ2) is 4.31. The lowest BCUT2D eigenvalue weighted by molar-refractivity contribution is -0.144. The summed E-state index contributed by atoms with van der Waals surface area (Å²) in [5.74, 6) is -0.00315. The minimum absolute atomic E-state index is 0.00315. The van der Waals surface area contributed by atoms with Crippen LogP contribution in [0, 0.1) is 0 Å². The third-order valence-corrected chi connectivity index (χ3v) is 3.24. The standard InChI is InChI=1S/C11H21N3O2/c1-6-12(4)10(16)14-8-7-13(5)9(15)11(14,2)3/h6-8H2,1-5H3. The van der Waals surface area contributed by atoms with Crippen molar-refractivity contribution in [3.8, 4) is 0 Å². The summed E-state index contributed by atoms with van der Waals surface area (Å²) in [6, 6.07) is -0.0750. The normalized spacial score (nSPS) is 19.9. The molecule has 0 aromatic rings. The summed E-state index contributed by atoms with van der Waals surface area (Å²) in [5, 5.41) is 0. The molecule has 1 rings (SSSR count). The van der Waals surface area contributed by atoms with Gasteiger partial charge in [0.2, 0.25) is 5.91 Å². The fourth-order valence-corrected chi connectivity index (χ4v) is 1.89. The molecule has 16 heavy (non-hydrogen) atoms. The average Bonchev–Trinajstić information content (AvgIpc) is 2.24. The van der Waals surface area contributed by atoms with E-state index in [-0.39, 0.29) is 11.9 Å². The summed E-state index contributed by atoms with van der Waals surface area (Å²) in [4.78, 5) is 29.0. The van der Waals surface area contributed by atoms with E-state index in [0.29, 0.717) is 19.6 Å². The molecule has 0 bridgehead atoms. The molecule has 1 heterocycles. The fraction of sp³-hybridized carbons (Fsp3) is 0.818. The van der Waals surface area contributed by atoms with Gasteiger partial charge in [0.15, 0.2) is 0 Å². The van der Waals surface area contributed by atoms with Gasteiger partial charge in [-0.15, -0.1) is 0 Å². The lowest BCUT2D eigenvalue weighted by Gasteiger charge is -2.45. The number of hydrogen-bond acceptors (Lipinski definition) is 2. The molecule has 0 aliphatic carbocycles. The van der Waals surface area contributed by atoms with Crippen molar-refractivity contribution in [1.29, 1.82) is 0 Å². The number of piperazine rings is 1. The van der Waals surface area contributed by atoms with Crippen LogP contribution in [0.2, 0.25) is 0 Å². The zero-order valence-electron chi connectivity index (χ0n) is 10.8. The number of nitrogens with zero attached hydrogens (tertiary/aromatic N) is 3. The number of carbonyl (C=O) groups is 2. The van der Waals surface area contributed by atoms with Crippen LogP contribution in [0.3, 0.4) is 0 Å². The Morgan fingerprint density at radius 1 is 1.44 bits per heavy atom. The number of amides is 3. The Bertz CT molecular complexity index is 302. The maximum Gasteiger partial charge on any atom is 0.320 e. The van der Waals surface area contributed by atoms with Crippen LogP contribution in [0.1, 0.15) is 20.8 Å². The molecule has 92 valence electrons. The molecule has 3 amide bonds. The van der Waals surface area contributed by atoms with Crippen molar-refractivity contribution >= 4 is 11.9 Å². The van der Waals surface area contributed by atoms with Gasteiger partial charge < -0.3 is 14.7 Å². The summed E-state index contributed by atoms with van der Waals surface area (Å²) in [6.07, 6.45) is 0. The van der Waals surface area contributed by atoms with Crippen LogP contribution in [0.25, 0.3) is 0 Å². The number of carbonyl (C=O) groups excluding carboxylic acids is 2. The maximum atomic E-state index is 12.1. The molecule has 0 N–H and O–H groups in total. The largest absolute Gasteiger partial charge is 0.342 e. The zero-order chi connectivity index (χ0) is 12.5. The van der Waals surface area contributed by atoms with Crippen molar-refractivity contribution in [3.63, 3.8) is 0 Å². The first-order valence-electron chi connectivity index (χ1n) is 5.60. The fourth-order valence-electron chi connectivity index (χ4n) is 1.89.